The van der Waals surface area contributed by atoms with E-state index < -0.39 is 22.0 Å². The molecule has 2 N–H and O–H groups in total. The molecule has 0 saturated heterocycles. The van der Waals surface area contributed by atoms with Gasteiger partial charge in [0.1, 0.15) is 16.8 Å². The molecule has 0 aliphatic heterocycles. The molecule has 1 heterocycles. The third kappa shape index (κ3) is 3.92. The number of carboxylic acids is 1. The number of pyridine rings is 1. The van der Waals surface area contributed by atoms with Crippen LogP contribution in [0.15, 0.2) is 23.2 Å². The average Bonchev–Trinajstić information content (AvgIpc) is 3.28. The lowest BCUT2D eigenvalue weighted by Crippen LogP contribution is -2.36. The van der Waals surface area contributed by atoms with E-state index in [0.29, 0.717) is 18.3 Å². The third-order valence-electron chi connectivity index (χ3n) is 3.59. The van der Waals surface area contributed by atoms with Gasteiger partial charge >= 0.3 is 5.97 Å². The van der Waals surface area contributed by atoms with Crippen LogP contribution in [0, 0.1) is 5.92 Å². The molecule has 21 heavy (non-hydrogen) atoms. The van der Waals surface area contributed by atoms with Crippen LogP contribution in [0.25, 0.3) is 0 Å². The van der Waals surface area contributed by atoms with Crippen molar-refractivity contribution in [3.8, 4) is 0 Å². The lowest BCUT2D eigenvalue weighted by Gasteiger charge is -2.22. The Kier molecular flexibility index (Phi) is 4.48. The van der Waals surface area contributed by atoms with Crippen LogP contribution in [-0.2, 0) is 14.8 Å². The highest BCUT2D eigenvalue weighted by molar-refractivity contribution is 7.89. The molecule has 116 valence electrons. The Bertz CT molecular complexity index is 611. The van der Waals surface area contributed by atoms with E-state index in [0.717, 1.165) is 12.8 Å². The highest BCUT2D eigenvalue weighted by Gasteiger charge is 2.25. The molecular weight excluding hydrogens is 294 g/mol. The molecule has 1 fully saturated rings. The highest BCUT2D eigenvalue weighted by Crippen LogP contribution is 2.28. The molecule has 1 unspecified atom stereocenters. The summed E-state index contributed by atoms with van der Waals surface area (Å²) < 4.78 is 26.6. The molecule has 1 aromatic heterocycles. The van der Waals surface area contributed by atoms with Crippen LogP contribution in [0.5, 0.6) is 0 Å². The van der Waals surface area contributed by atoms with E-state index in [9.17, 15) is 13.2 Å². The molecule has 0 bridgehead atoms. The third-order valence-corrected chi connectivity index (χ3v) is 5.00. The van der Waals surface area contributed by atoms with Crippen molar-refractivity contribution >= 4 is 21.8 Å². The largest absolute Gasteiger partial charge is 0.480 e. The fraction of sp³-hybridized carbons (Fsp3) is 0.538. The predicted octanol–water partition coefficient (Wildman–Crippen LogP) is 0.679. The van der Waals surface area contributed by atoms with E-state index >= 15 is 0 Å². The first-order valence-electron chi connectivity index (χ1n) is 6.72. The van der Waals surface area contributed by atoms with Crippen molar-refractivity contribution in [3.05, 3.63) is 18.3 Å². The Morgan fingerprint density at radius 3 is 2.67 bits per heavy atom. The number of hydrogen-bond donors (Lipinski definition) is 2. The second-order valence-corrected chi connectivity index (χ2v) is 7.04. The number of carboxylic acid groups (broad SMARTS) is 1. The van der Waals surface area contributed by atoms with Gasteiger partial charge < -0.3 is 10.0 Å². The molecule has 2 rings (SSSR count). The van der Waals surface area contributed by atoms with Gasteiger partial charge in [-0.25, -0.2) is 22.9 Å². The van der Waals surface area contributed by atoms with Crippen LogP contribution in [0.3, 0.4) is 0 Å². The van der Waals surface area contributed by atoms with Gasteiger partial charge in [-0.15, -0.1) is 0 Å². The molecule has 1 saturated carbocycles. The molecule has 1 atom stereocenters. The van der Waals surface area contributed by atoms with Crippen LogP contribution in [-0.4, -0.2) is 44.1 Å². The van der Waals surface area contributed by atoms with Crippen LogP contribution in [0.1, 0.15) is 19.8 Å². The summed E-state index contributed by atoms with van der Waals surface area (Å²) in [5.74, 6) is -0.109. The second kappa shape index (κ2) is 5.98. The molecule has 0 radical (unpaired) electrons. The minimum absolute atomic E-state index is 0.0864. The number of aromatic nitrogens is 1. The van der Waals surface area contributed by atoms with Gasteiger partial charge in [0.2, 0.25) is 10.0 Å². The topological polar surface area (TPSA) is 99.6 Å². The summed E-state index contributed by atoms with van der Waals surface area (Å²) in [5, 5.41) is 8.95. The van der Waals surface area contributed by atoms with E-state index in [1.807, 2.05) is 0 Å². The first kappa shape index (κ1) is 15.7. The predicted molar refractivity (Wildman–Crippen MR) is 77.7 cm³/mol. The number of likely N-dealkylation sites (N-methyl/N-ethyl adjacent to an activating group) is 1. The van der Waals surface area contributed by atoms with E-state index in [-0.39, 0.29) is 4.90 Å². The van der Waals surface area contributed by atoms with Gasteiger partial charge in [0, 0.05) is 19.8 Å². The number of nitrogens with one attached hydrogen (secondary N) is 1. The van der Waals surface area contributed by atoms with Gasteiger partial charge in [-0.3, -0.25) is 0 Å². The maximum Gasteiger partial charge on any atom is 0.326 e. The number of nitrogens with zero attached hydrogens (tertiary/aromatic N) is 2. The summed E-state index contributed by atoms with van der Waals surface area (Å²) in [6, 6.07) is 2.20. The number of anilines is 1. The van der Waals surface area contributed by atoms with Crippen LogP contribution in [0.2, 0.25) is 0 Å². The normalized spacial score (nSPS) is 16.5. The van der Waals surface area contributed by atoms with Crippen LogP contribution >= 0.6 is 0 Å². The lowest BCUT2D eigenvalue weighted by atomic mass is 10.3. The Hall–Kier alpha value is -1.67. The van der Waals surface area contributed by atoms with Gasteiger partial charge in [0.05, 0.1) is 0 Å². The van der Waals surface area contributed by atoms with Gasteiger partial charge in [0.25, 0.3) is 0 Å². The minimum atomic E-state index is -3.54. The average molecular weight is 313 g/mol. The maximum atomic E-state index is 12.0. The summed E-state index contributed by atoms with van der Waals surface area (Å²) >= 11 is 0. The smallest absolute Gasteiger partial charge is 0.326 e. The second-order valence-electron chi connectivity index (χ2n) is 5.27. The fourth-order valence-corrected chi connectivity index (χ4v) is 2.80. The zero-order valence-corrected chi connectivity index (χ0v) is 12.8. The van der Waals surface area contributed by atoms with Crippen LogP contribution < -0.4 is 9.62 Å². The van der Waals surface area contributed by atoms with Gasteiger partial charge in [-0.1, -0.05) is 0 Å². The van der Waals surface area contributed by atoms with Crippen molar-refractivity contribution in [3.63, 3.8) is 0 Å². The number of carbonyl (C=O) groups is 1. The number of sulfonamides is 1. The summed E-state index contributed by atoms with van der Waals surface area (Å²) in [6.07, 6.45) is 3.38. The first-order valence-corrected chi connectivity index (χ1v) is 8.21. The monoisotopic (exact) mass is 313 g/mol. The Morgan fingerprint density at radius 2 is 2.19 bits per heavy atom. The van der Waals surface area contributed by atoms with Crippen molar-refractivity contribution < 1.29 is 18.3 Å². The van der Waals surface area contributed by atoms with E-state index in [2.05, 4.69) is 9.71 Å². The Morgan fingerprint density at radius 1 is 1.52 bits per heavy atom. The molecule has 1 aromatic rings. The quantitative estimate of drug-likeness (QED) is 0.768. The lowest BCUT2D eigenvalue weighted by molar-refractivity contribution is -0.138. The molecule has 8 heteroatoms. The van der Waals surface area contributed by atoms with Crippen LogP contribution in [0.4, 0.5) is 5.82 Å². The Labute approximate surface area is 124 Å². The molecule has 1 aliphatic carbocycles. The van der Waals surface area contributed by atoms with E-state index in [4.69, 9.17) is 5.11 Å². The molecule has 0 aromatic carbocycles. The molecule has 7 nitrogen and oxygen atoms in total. The van der Waals surface area contributed by atoms with Crippen molar-refractivity contribution in [2.24, 2.45) is 5.92 Å². The van der Waals surface area contributed by atoms with E-state index in [1.54, 1.807) is 7.05 Å². The number of rotatable bonds is 7. The number of hydrogen-bond acceptors (Lipinski definition) is 5. The molecule has 1 aliphatic rings. The molecular formula is C13H19N3O4S. The fourth-order valence-electron chi connectivity index (χ4n) is 1.74. The van der Waals surface area contributed by atoms with Crippen molar-refractivity contribution in [1.82, 2.24) is 9.71 Å². The van der Waals surface area contributed by atoms with Gasteiger partial charge in [-0.05, 0) is 37.8 Å². The first-order chi connectivity index (χ1) is 9.81. The summed E-state index contributed by atoms with van der Waals surface area (Å²) in [6.45, 7) is 1.99. The Balaban J connectivity index is 2.08. The highest BCUT2D eigenvalue weighted by atomic mass is 32.2. The van der Waals surface area contributed by atoms with Crippen molar-refractivity contribution in [2.75, 3.05) is 18.5 Å². The van der Waals surface area contributed by atoms with Crippen molar-refractivity contribution in [1.29, 1.82) is 0 Å². The minimum Gasteiger partial charge on any atom is -0.480 e. The van der Waals surface area contributed by atoms with Gasteiger partial charge in [-0.2, -0.15) is 0 Å². The summed E-state index contributed by atoms with van der Waals surface area (Å²) in [7, 11) is -1.94. The summed E-state index contributed by atoms with van der Waals surface area (Å²) in [5.41, 5.74) is 0. The zero-order chi connectivity index (χ0) is 15.6. The van der Waals surface area contributed by atoms with Gasteiger partial charge in [0.15, 0.2) is 0 Å². The number of aliphatic carboxylic acids is 1. The van der Waals surface area contributed by atoms with Crippen molar-refractivity contribution in [2.45, 2.75) is 30.7 Å². The molecule has 0 spiro atoms. The molecule has 0 amide bonds. The van der Waals surface area contributed by atoms with E-state index in [1.165, 1.54) is 30.2 Å². The SMILES string of the molecule is CC(C(=O)O)N(C)c1ccc(S(=O)(=O)NCC2CC2)cn1. The zero-order valence-electron chi connectivity index (χ0n) is 12.0. The summed E-state index contributed by atoms with van der Waals surface area (Å²) in [4.78, 5) is 16.5. The standard InChI is InChI=1S/C13H19N3O4S/c1-9(13(17)18)16(2)12-6-5-11(8-14-12)21(19,20)15-7-10-3-4-10/h5-6,8-10,15H,3-4,7H2,1-2H3,(H,17,18). The maximum absolute atomic E-state index is 12.0.